The van der Waals surface area contributed by atoms with Crippen molar-refractivity contribution in [1.82, 2.24) is 0 Å². The van der Waals surface area contributed by atoms with Crippen LogP contribution in [0.5, 0.6) is 0 Å². The third-order valence-electron chi connectivity index (χ3n) is 0. The minimum Gasteiger partial charge on any atom is -0.852 e. The van der Waals surface area contributed by atoms with Gasteiger partial charge in [0.05, 0.1) is 0 Å². The molecule has 0 amide bonds. The average molecular weight is 653 g/mol. The summed E-state index contributed by atoms with van der Waals surface area (Å²) < 4.78 is 0. The van der Waals surface area contributed by atoms with Gasteiger partial charge in [-0.25, -0.2) is 0 Å². The largest absolute Gasteiger partial charge is 4.00 e. The summed E-state index contributed by atoms with van der Waals surface area (Å²) >= 11 is 0. The summed E-state index contributed by atoms with van der Waals surface area (Å²) in [6.45, 7) is 19.3. The van der Waals surface area contributed by atoms with Crippen molar-refractivity contribution in [2.45, 2.75) is 120 Å². The third-order valence-corrected chi connectivity index (χ3v) is 0. The monoisotopic (exact) mass is 652 g/mol. The SMILES string of the molecule is CC(C)[O-].CC(C)[O-].CC(C)[O-].CC(C)[O-].CC(C)[O-].CC(C)[O-].[Pb+2].[Zr+4]. The maximum atomic E-state index is 9.53. The van der Waals surface area contributed by atoms with Crippen LogP contribution in [0.4, 0.5) is 0 Å². The van der Waals surface area contributed by atoms with Gasteiger partial charge in [0.2, 0.25) is 0 Å². The molecule has 0 aromatic carbocycles. The number of rotatable bonds is 0. The fourth-order valence-corrected chi connectivity index (χ4v) is 0. The first kappa shape index (κ1) is 50.8. The van der Waals surface area contributed by atoms with Gasteiger partial charge in [-0.2, -0.15) is 0 Å². The van der Waals surface area contributed by atoms with E-state index < -0.39 is 36.6 Å². The van der Waals surface area contributed by atoms with Crippen LogP contribution < -0.4 is 30.6 Å². The van der Waals surface area contributed by atoms with Crippen molar-refractivity contribution >= 4 is 27.3 Å². The Morgan fingerprint density at radius 3 is 0.308 bits per heavy atom. The fraction of sp³-hybridized carbons (Fsp3) is 1.00. The summed E-state index contributed by atoms with van der Waals surface area (Å²) in [7, 11) is 0. The molecule has 158 valence electrons. The molecule has 26 heavy (non-hydrogen) atoms. The second-order valence-electron chi connectivity index (χ2n) is 6.29. The molecule has 0 aliphatic heterocycles. The smallest absolute Gasteiger partial charge is 0.852 e. The minimum absolute atomic E-state index is 0. The van der Waals surface area contributed by atoms with Crippen LogP contribution in [0.2, 0.25) is 0 Å². The first-order valence-corrected chi connectivity index (χ1v) is 8.34. The molecule has 0 aromatic heterocycles. The Morgan fingerprint density at radius 2 is 0.308 bits per heavy atom. The molecule has 2 radical (unpaired) electrons. The van der Waals surface area contributed by atoms with Crippen molar-refractivity contribution in [3.8, 4) is 0 Å². The van der Waals surface area contributed by atoms with E-state index in [9.17, 15) is 30.6 Å². The van der Waals surface area contributed by atoms with Gasteiger partial charge in [-0.15, -0.1) is 36.6 Å². The van der Waals surface area contributed by atoms with Crippen molar-refractivity contribution in [2.75, 3.05) is 0 Å². The van der Waals surface area contributed by atoms with Gasteiger partial charge in [0.15, 0.2) is 0 Å². The van der Waals surface area contributed by atoms with E-state index in [1.807, 2.05) is 0 Å². The molecule has 0 N–H and O–H groups in total. The van der Waals surface area contributed by atoms with Crippen LogP contribution in [0.3, 0.4) is 0 Å². The summed E-state index contributed by atoms with van der Waals surface area (Å²) in [5, 5.41) is 57.2. The fourth-order valence-electron chi connectivity index (χ4n) is 0. The maximum absolute atomic E-state index is 9.53. The van der Waals surface area contributed by atoms with Gasteiger partial charge < -0.3 is 30.6 Å². The van der Waals surface area contributed by atoms with Gasteiger partial charge in [-0.1, -0.05) is 83.1 Å². The van der Waals surface area contributed by atoms with E-state index in [-0.39, 0.29) is 53.5 Å². The zero-order valence-corrected chi connectivity index (χ0v) is 25.3. The van der Waals surface area contributed by atoms with Crippen LogP contribution in [0.1, 0.15) is 83.1 Å². The molecule has 0 rings (SSSR count). The van der Waals surface area contributed by atoms with Crippen LogP contribution in [0.15, 0.2) is 0 Å². The molecular formula is C18H42O6PbZr. The summed E-state index contributed by atoms with van der Waals surface area (Å²) in [4.78, 5) is 0. The quantitative estimate of drug-likeness (QED) is 0.282. The summed E-state index contributed by atoms with van der Waals surface area (Å²) in [6.07, 6.45) is -2.50. The van der Waals surface area contributed by atoms with Gasteiger partial charge in [0.1, 0.15) is 0 Å². The molecule has 0 aliphatic rings. The average Bonchev–Trinajstić information content (AvgIpc) is 2.08. The van der Waals surface area contributed by atoms with Crippen LogP contribution >= 0.6 is 0 Å². The zero-order valence-electron chi connectivity index (χ0n) is 18.9. The Bertz CT molecular complexity index is 107. The van der Waals surface area contributed by atoms with Crippen LogP contribution in [0.25, 0.3) is 0 Å². The van der Waals surface area contributed by atoms with Gasteiger partial charge >= 0.3 is 53.5 Å². The van der Waals surface area contributed by atoms with Crippen LogP contribution in [-0.4, -0.2) is 63.9 Å². The van der Waals surface area contributed by atoms with E-state index in [0.29, 0.717) is 0 Å². The number of hydrogen-bond donors (Lipinski definition) is 0. The Labute approximate surface area is 202 Å². The Morgan fingerprint density at radius 1 is 0.308 bits per heavy atom. The zero-order chi connectivity index (χ0) is 21.5. The number of hydrogen-bond acceptors (Lipinski definition) is 6. The van der Waals surface area contributed by atoms with E-state index >= 15 is 0 Å². The predicted octanol–water partition coefficient (Wildman–Crippen LogP) is -1.85. The topological polar surface area (TPSA) is 138 Å². The Balaban J connectivity index is -0.0000000245. The molecule has 0 fully saturated rings. The predicted molar refractivity (Wildman–Crippen MR) is 96.6 cm³/mol. The van der Waals surface area contributed by atoms with Crippen molar-refractivity contribution in [2.24, 2.45) is 0 Å². The summed E-state index contributed by atoms with van der Waals surface area (Å²) in [5.74, 6) is 0. The van der Waals surface area contributed by atoms with E-state index in [1.165, 1.54) is 0 Å². The molecule has 0 aliphatic carbocycles. The van der Waals surface area contributed by atoms with Gasteiger partial charge in [0.25, 0.3) is 0 Å². The molecule has 0 unspecified atom stereocenters. The molecule has 0 saturated carbocycles. The molecule has 6 nitrogen and oxygen atoms in total. The molecule has 8 heteroatoms. The molecule has 0 saturated heterocycles. The second-order valence-corrected chi connectivity index (χ2v) is 6.29. The first-order chi connectivity index (χ1) is 10.4. The van der Waals surface area contributed by atoms with Gasteiger partial charge in [-0.3, -0.25) is 0 Å². The molecule has 0 atom stereocenters. The Hall–Kier alpha value is 1.57. The van der Waals surface area contributed by atoms with E-state index in [2.05, 4.69) is 0 Å². The molecule has 0 heterocycles. The second kappa shape index (κ2) is 45.4. The van der Waals surface area contributed by atoms with Crippen molar-refractivity contribution in [3.05, 3.63) is 0 Å². The van der Waals surface area contributed by atoms with Gasteiger partial charge in [-0.05, 0) is 0 Å². The van der Waals surface area contributed by atoms with E-state index in [4.69, 9.17) is 0 Å². The normalized spacial score (nSPS) is 8.31. The molecule has 0 spiro atoms. The van der Waals surface area contributed by atoms with E-state index in [0.717, 1.165) is 0 Å². The van der Waals surface area contributed by atoms with Crippen LogP contribution in [-0.2, 0) is 26.2 Å². The molecule has 0 aromatic rings. The molecule has 0 bridgehead atoms. The first-order valence-electron chi connectivity index (χ1n) is 8.34. The Kier molecular flexibility index (Phi) is 88.7. The van der Waals surface area contributed by atoms with E-state index in [1.54, 1.807) is 83.1 Å². The standard InChI is InChI=1S/6C3H7O.Pb.Zr/c6*1-3(2)4;;/h6*3H,1-2H3;;/q6*-1;+2;+4. The van der Waals surface area contributed by atoms with Crippen molar-refractivity contribution < 1.29 is 56.8 Å². The summed E-state index contributed by atoms with van der Waals surface area (Å²) in [5.41, 5.74) is 0. The minimum atomic E-state index is -0.417. The van der Waals surface area contributed by atoms with Crippen molar-refractivity contribution in [1.29, 1.82) is 0 Å². The molecular weight excluding hydrogens is 611 g/mol. The maximum Gasteiger partial charge on any atom is 4.00 e. The van der Waals surface area contributed by atoms with Crippen LogP contribution in [0, 0.1) is 0 Å². The van der Waals surface area contributed by atoms with Crippen molar-refractivity contribution in [3.63, 3.8) is 0 Å². The third kappa shape index (κ3) is 6300. The van der Waals surface area contributed by atoms with Gasteiger partial charge in [0, 0.05) is 0 Å². The summed E-state index contributed by atoms with van der Waals surface area (Å²) in [6, 6.07) is 0.